The molecule has 2 aliphatic rings. The maximum Gasteiger partial charge on any atom is 0.275 e. The highest BCUT2D eigenvalue weighted by Gasteiger charge is 2.40. The maximum absolute atomic E-state index is 12.5. The summed E-state index contributed by atoms with van der Waals surface area (Å²) in [5, 5.41) is 25.9. The summed E-state index contributed by atoms with van der Waals surface area (Å²) < 4.78 is 0. The third kappa shape index (κ3) is 3.08. The minimum absolute atomic E-state index is 0.0564. The molecule has 0 aromatic heterocycles. The van der Waals surface area contributed by atoms with E-state index in [0.29, 0.717) is 13.0 Å². The Kier molecular flexibility index (Phi) is 4.41. The van der Waals surface area contributed by atoms with E-state index in [9.17, 15) is 15.0 Å². The minimum Gasteiger partial charge on any atom is -0.507 e. The lowest BCUT2D eigenvalue weighted by molar-refractivity contribution is -0.132. The van der Waals surface area contributed by atoms with Gasteiger partial charge >= 0.3 is 0 Å². The highest BCUT2D eigenvalue weighted by atomic mass is 16.3. The standard InChI is InChI=1S/C21H21N3O3/c1-23-13-16(24-19(21(23)27)20(26)18(25)12-22-24)11-15-9-5-6-10-17(15)14-7-3-2-4-8-14/h2-10,12,16,18,25-26H,11,13H2,1H3. The Labute approximate surface area is 157 Å². The van der Waals surface area contributed by atoms with Gasteiger partial charge in [0.2, 0.25) is 0 Å². The lowest BCUT2D eigenvalue weighted by atomic mass is 9.93. The number of likely N-dealkylation sites (N-methyl/N-ethyl adjacent to an activating group) is 1. The SMILES string of the molecule is CN1CC(Cc2ccccc2-c2ccccc2)N2N=CC(O)C(O)=C2C1=O. The predicted octanol–water partition coefficient (Wildman–Crippen LogP) is 2.17. The molecule has 0 aliphatic carbocycles. The fourth-order valence-corrected chi connectivity index (χ4v) is 3.66. The summed E-state index contributed by atoms with van der Waals surface area (Å²) in [5.74, 6) is -0.682. The van der Waals surface area contributed by atoms with E-state index in [4.69, 9.17) is 0 Å². The van der Waals surface area contributed by atoms with Crippen molar-refractivity contribution >= 4 is 12.1 Å². The number of carbonyl (C=O) groups excluding carboxylic acids is 1. The molecule has 6 heteroatoms. The van der Waals surface area contributed by atoms with Gasteiger partial charge in [-0.1, -0.05) is 54.6 Å². The summed E-state index contributed by atoms with van der Waals surface area (Å²) in [6.45, 7) is 0.478. The van der Waals surface area contributed by atoms with Crippen molar-refractivity contribution in [1.29, 1.82) is 0 Å². The van der Waals surface area contributed by atoms with Gasteiger partial charge in [0.25, 0.3) is 5.91 Å². The zero-order chi connectivity index (χ0) is 19.0. The van der Waals surface area contributed by atoms with E-state index < -0.39 is 6.10 Å². The van der Waals surface area contributed by atoms with Gasteiger partial charge in [-0.3, -0.25) is 9.80 Å². The van der Waals surface area contributed by atoms with Crippen LogP contribution in [0.25, 0.3) is 11.1 Å². The van der Waals surface area contributed by atoms with Gasteiger partial charge in [0.05, 0.1) is 12.3 Å². The number of fused-ring (bicyclic) bond motifs is 1. The molecule has 2 heterocycles. The first kappa shape index (κ1) is 17.3. The van der Waals surface area contributed by atoms with Crippen LogP contribution in [0.2, 0.25) is 0 Å². The van der Waals surface area contributed by atoms with Crippen molar-refractivity contribution in [3.05, 3.63) is 71.6 Å². The largest absolute Gasteiger partial charge is 0.507 e. The van der Waals surface area contributed by atoms with Crippen molar-refractivity contribution in [2.45, 2.75) is 18.6 Å². The van der Waals surface area contributed by atoms with Gasteiger partial charge in [0, 0.05) is 13.6 Å². The molecule has 2 aliphatic heterocycles. The summed E-state index contributed by atoms with van der Waals surface area (Å²) >= 11 is 0. The molecule has 2 N–H and O–H groups in total. The molecule has 2 aromatic carbocycles. The zero-order valence-electron chi connectivity index (χ0n) is 15.0. The topological polar surface area (TPSA) is 76.4 Å². The van der Waals surface area contributed by atoms with Gasteiger partial charge in [0.15, 0.2) is 11.5 Å². The Balaban J connectivity index is 1.70. The number of benzene rings is 2. The highest BCUT2D eigenvalue weighted by Crippen LogP contribution is 2.30. The third-order valence-corrected chi connectivity index (χ3v) is 5.02. The van der Waals surface area contributed by atoms with E-state index >= 15 is 0 Å². The quantitative estimate of drug-likeness (QED) is 0.876. The Morgan fingerprint density at radius 1 is 1.11 bits per heavy atom. The first-order chi connectivity index (χ1) is 13.1. The van der Waals surface area contributed by atoms with E-state index in [-0.39, 0.29) is 23.4 Å². The lowest BCUT2D eigenvalue weighted by Crippen LogP contribution is -2.54. The number of piperazine rings is 1. The molecular formula is C21H21N3O3. The fourth-order valence-electron chi connectivity index (χ4n) is 3.66. The number of aliphatic hydroxyl groups excluding tert-OH is 2. The molecule has 0 radical (unpaired) electrons. The first-order valence-electron chi connectivity index (χ1n) is 8.89. The number of nitrogens with zero attached hydrogens (tertiary/aromatic N) is 3. The van der Waals surface area contributed by atoms with Crippen molar-refractivity contribution < 1.29 is 15.0 Å². The number of hydrazone groups is 1. The number of amides is 1. The zero-order valence-corrected chi connectivity index (χ0v) is 15.0. The molecule has 138 valence electrons. The normalized spacial score (nSPS) is 22.2. The van der Waals surface area contributed by atoms with Gasteiger partial charge in [-0.2, -0.15) is 5.10 Å². The van der Waals surface area contributed by atoms with E-state index in [2.05, 4.69) is 29.4 Å². The Morgan fingerprint density at radius 2 is 1.81 bits per heavy atom. The summed E-state index contributed by atoms with van der Waals surface area (Å²) in [6.07, 6.45) is 0.657. The number of carbonyl (C=O) groups is 1. The molecule has 6 nitrogen and oxygen atoms in total. The second kappa shape index (κ2) is 6.89. The fraction of sp³-hybridized carbons (Fsp3) is 0.238. The summed E-state index contributed by atoms with van der Waals surface area (Å²) in [7, 11) is 1.70. The van der Waals surface area contributed by atoms with Gasteiger partial charge in [-0.25, -0.2) is 0 Å². The van der Waals surface area contributed by atoms with Crippen LogP contribution >= 0.6 is 0 Å². The van der Waals surface area contributed by atoms with Crippen LogP contribution in [-0.4, -0.2) is 58.0 Å². The van der Waals surface area contributed by atoms with Gasteiger partial charge in [0.1, 0.15) is 6.10 Å². The van der Waals surface area contributed by atoms with Crippen molar-refractivity contribution in [2.75, 3.05) is 13.6 Å². The number of rotatable bonds is 3. The van der Waals surface area contributed by atoms with Crippen LogP contribution in [0.5, 0.6) is 0 Å². The Bertz CT molecular complexity index is 923. The second-order valence-electron chi connectivity index (χ2n) is 6.85. The molecule has 0 bridgehead atoms. The monoisotopic (exact) mass is 363 g/mol. The van der Waals surface area contributed by atoms with Crippen LogP contribution in [0.15, 0.2) is 71.2 Å². The van der Waals surface area contributed by atoms with Crippen molar-refractivity contribution in [1.82, 2.24) is 9.91 Å². The second-order valence-corrected chi connectivity index (χ2v) is 6.85. The molecule has 2 atom stereocenters. The van der Waals surface area contributed by atoms with Crippen LogP contribution in [0.4, 0.5) is 0 Å². The Morgan fingerprint density at radius 3 is 2.59 bits per heavy atom. The van der Waals surface area contributed by atoms with E-state index in [1.165, 1.54) is 6.21 Å². The molecule has 1 saturated heterocycles. The minimum atomic E-state index is -1.25. The van der Waals surface area contributed by atoms with Crippen molar-refractivity contribution in [3.63, 3.8) is 0 Å². The molecule has 2 aromatic rings. The molecule has 1 fully saturated rings. The first-order valence-corrected chi connectivity index (χ1v) is 8.89. The van der Waals surface area contributed by atoms with Gasteiger partial charge in [-0.05, 0) is 23.1 Å². The van der Waals surface area contributed by atoms with Crippen LogP contribution in [0.3, 0.4) is 0 Å². The molecule has 27 heavy (non-hydrogen) atoms. The average molecular weight is 363 g/mol. The van der Waals surface area contributed by atoms with Crippen LogP contribution in [0.1, 0.15) is 5.56 Å². The predicted molar refractivity (Wildman–Crippen MR) is 103 cm³/mol. The highest BCUT2D eigenvalue weighted by molar-refractivity contribution is 5.95. The smallest absolute Gasteiger partial charge is 0.275 e. The summed E-state index contributed by atoms with van der Waals surface area (Å²) in [5.41, 5.74) is 3.45. The van der Waals surface area contributed by atoms with Gasteiger partial charge < -0.3 is 15.1 Å². The summed E-state index contributed by atoms with van der Waals surface area (Å²) in [6, 6.07) is 18.2. The third-order valence-electron chi connectivity index (χ3n) is 5.02. The molecule has 1 amide bonds. The molecule has 4 rings (SSSR count). The molecule has 2 unspecified atom stereocenters. The van der Waals surface area contributed by atoms with E-state index in [1.807, 2.05) is 30.3 Å². The maximum atomic E-state index is 12.5. The molecule has 0 saturated carbocycles. The van der Waals surface area contributed by atoms with Crippen LogP contribution in [-0.2, 0) is 11.2 Å². The van der Waals surface area contributed by atoms with Crippen molar-refractivity contribution in [2.24, 2.45) is 5.10 Å². The lowest BCUT2D eigenvalue weighted by Gasteiger charge is -2.41. The van der Waals surface area contributed by atoms with Crippen molar-refractivity contribution in [3.8, 4) is 11.1 Å². The Hall–Kier alpha value is -3.12. The van der Waals surface area contributed by atoms with E-state index in [0.717, 1.165) is 16.7 Å². The van der Waals surface area contributed by atoms with Crippen LogP contribution in [0, 0.1) is 0 Å². The van der Waals surface area contributed by atoms with Crippen LogP contribution < -0.4 is 0 Å². The number of aliphatic hydroxyl groups is 2. The van der Waals surface area contributed by atoms with Gasteiger partial charge in [-0.15, -0.1) is 0 Å². The number of hydrogen-bond donors (Lipinski definition) is 2. The number of hydrogen-bond acceptors (Lipinski definition) is 5. The molecule has 0 spiro atoms. The molecular weight excluding hydrogens is 342 g/mol. The van der Waals surface area contributed by atoms with E-state index in [1.54, 1.807) is 17.0 Å². The average Bonchev–Trinajstić information content (AvgIpc) is 2.69. The summed E-state index contributed by atoms with van der Waals surface area (Å²) in [4.78, 5) is 14.0.